The highest BCUT2D eigenvalue weighted by atomic mass is 35.5. The number of fused-ring (bicyclic) bond motifs is 1. The summed E-state index contributed by atoms with van der Waals surface area (Å²) in [5.74, 6) is -0.934. The number of carboxylic acids is 1. The Bertz CT molecular complexity index is 630. The highest BCUT2D eigenvalue weighted by molar-refractivity contribution is 6.36. The van der Waals surface area contributed by atoms with E-state index in [1.165, 1.54) is 6.42 Å². The van der Waals surface area contributed by atoms with Gasteiger partial charge in [-0.3, -0.25) is 0 Å². The van der Waals surface area contributed by atoms with E-state index in [1.54, 1.807) is 12.3 Å². The minimum Gasteiger partial charge on any atom is -0.478 e. The lowest BCUT2D eigenvalue weighted by molar-refractivity contribution is 0.0698. The topological polar surface area (TPSA) is 54.3 Å². The van der Waals surface area contributed by atoms with Crippen LogP contribution in [0.3, 0.4) is 0 Å². The number of benzene rings is 1. The van der Waals surface area contributed by atoms with Gasteiger partial charge in [0.05, 0.1) is 16.1 Å². The van der Waals surface area contributed by atoms with Crippen molar-refractivity contribution in [1.82, 2.24) is 9.88 Å². The molecular formula is C14H15ClN2O2. The quantitative estimate of drug-likeness (QED) is 0.908. The smallest absolute Gasteiger partial charge is 0.337 e. The number of carbonyl (C=O) groups is 1. The molecule has 1 atom stereocenters. The molecule has 0 radical (unpaired) electrons. The minimum atomic E-state index is -0.934. The van der Waals surface area contributed by atoms with Crippen molar-refractivity contribution >= 4 is 28.5 Å². The highest BCUT2D eigenvalue weighted by Gasteiger charge is 2.20. The summed E-state index contributed by atoms with van der Waals surface area (Å²) in [5.41, 5.74) is 1.16. The summed E-state index contributed by atoms with van der Waals surface area (Å²) in [5, 5.41) is 13.8. The second-order valence-corrected chi connectivity index (χ2v) is 5.33. The molecular weight excluding hydrogens is 264 g/mol. The van der Waals surface area contributed by atoms with Gasteiger partial charge in [-0.2, -0.15) is 0 Å². The van der Waals surface area contributed by atoms with E-state index in [4.69, 9.17) is 11.6 Å². The number of nitrogens with zero attached hydrogens (tertiary/aromatic N) is 1. The van der Waals surface area contributed by atoms with Crippen molar-refractivity contribution in [3.05, 3.63) is 35.0 Å². The monoisotopic (exact) mass is 278 g/mol. The molecule has 0 saturated carbocycles. The Morgan fingerprint density at radius 1 is 1.53 bits per heavy atom. The summed E-state index contributed by atoms with van der Waals surface area (Å²) in [7, 11) is 0. The predicted octanol–water partition coefficient (Wildman–Crippen LogP) is 2.74. The Labute approximate surface area is 116 Å². The molecule has 3 rings (SSSR count). The number of halogens is 1. The predicted molar refractivity (Wildman–Crippen MR) is 74.9 cm³/mol. The fraction of sp³-hybridized carbons (Fsp3) is 0.357. The number of nitrogens with one attached hydrogen (secondary N) is 1. The van der Waals surface area contributed by atoms with Crippen molar-refractivity contribution in [2.75, 3.05) is 6.54 Å². The number of aromatic nitrogens is 1. The van der Waals surface area contributed by atoms with Crippen LogP contribution in [0.15, 0.2) is 24.4 Å². The Hall–Kier alpha value is -1.52. The zero-order valence-corrected chi connectivity index (χ0v) is 11.2. The van der Waals surface area contributed by atoms with Crippen LogP contribution in [0.2, 0.25) is 5.02 Å². The van der Waals surface area contributed by atoms with E-state index >= 15 is 0 Å². The van der Waals surface area contributed by atoms with Crippen molar-refractivity contribution in [3.63, 3.8) is 0 Å². The minimum absolute atomic E-state index is 0.276. The van der Waals surface area contributed by atoms with Gasteiger partial charge in [0.1, 0.15) is 0 Å². The van der Waals surface area contributed by atoms with Crippen molar-refractivity contribution in [3.8, 4) is 0 Å². The van der Waals surface area contributed by atoms with Crippen molar-refractivity contribution in [2.45, 2.75) is 25.4 Å². The van der Waals surface area contributed by atoms with Crippen LogP contribution < -0.4 is 5.32 Å². The molecule has 2 aromatic rings. The molecule has 5 heteroatoms. The summed E-state index contributed by atoms with van der Waals surface area (Å²) < 4.78 is 1.99. The summed E-state index contributed by atoms with van der Waals surface area (Å²) >= 11 is 6.14. The third kappa shape index (κ3) is 2.22. The first kappa shape index (κ1) is 12.5. The molecule has 0 aliphatic carbocycles. The maximum Gasteiger partial charge on any atom is 0.337 e. The van der Waals surface area contributed by atoms with Crippen LogP contribution in [-0.2, 0) is 6.54 Å². The van der Waals surface area contributed by atoms with Crippen molar-refractivity contribution in [1.29, 1.82) is 0 Å². The first-order valence-corrected chi connectivity index (χ1v) is 6.78. The molecule has 2 heterocycles. The summed E-state index contributed by atoms with van der Waals surface area (Å²) in [6, 6.07) is 5.92. The van der Waals surface area contributed by atoms with E-state index < -0.39 is 5.97 Å². The number of aromatic carboxylic acids is 1. The van der Waals surface area contributed by atoms with Crippen LogP contribution in [0.1, 0.15) is 23.2 Å². The normalized spacial score (nSPS) is 19.1. The molecule has 1 unspecified atom stereocenters. The zero-order chi connectivity index (χ0) is 13.4. The van der Waals surface area contributed by atoms with Gasteiger partial charge in [-0.05, 0) is 31.5 Å². The molecule has 100 valence electrons. The van der Waals surface area contributed by atoms with Crippen molar-refractivity contribution in [2.24, 2.45) is 0 Å². The van der Waals surface area contributed by atoms with Crippen LogP contribution in [-0.4, -0.2) is 28.2 Å². The molecule has 2 N–H and O–H groups in total. The highest BCUT2D eigenvalue weighted by Crippen LogP contribution is 2.29. The molecule has 1 aliphatic heterocycles. The lowest BCUT2D eigenvalue weighted by Gasteiger charge is -2.12. The second-order valence-electron chi connectivity index (χ2n) is 4.93. The van der Waals surface area contributed by atoms with Crippen LogP contribution in [0.4, 0.5) is 0 Å². The molecule has 1 aromatic carbocycles. The van der Waals surface area contributed by atoms with E-state index in [9.17, 15) is 9.90 Å². The Kier molecular flexibility index (Phi) is 3.21. The number of carboxylic acid groups (broad SMARTS) is 1. The Morgan fingerprint density at radius 2 is 2.37 bits per heavy atom. The van der Waals surface area contributed by atoms with E-state index in [0.717, 1.165) is 25.0 Å². The lowest BCUT2D eigenvalue weighted by Crippen LogP contribution is -2.26. The molecule has 1 saturated heterocycles. The number of rotatable bonds is 3. The average molecular weight is 279 g/mol. The zero-order valence-electron chi connectivity index (χ0n) is 10.4. The summed E-state index contributed by atoms with van der Waals surface area (Å²) in [6.45, 7) is 1.82. The number of hydrogen-bond donors (Lipinski definition) is 2. The standard InChI is InChI=1S/C14H15ClN2O2/c15-11-4-1-5-12-13(11)10(14(18)19)8-17(12)7-9-3-2-6-16-9/h1,4-5,8-9,16H,2-3,6-7H2,(H,18,19). The molecule has 4 nitrogen and oxygen atoms in total. The van der Waals surface area contributed by atoms with Crippen molar-refractivity contribution < 1.29 is 9.90 Å². The summed E-state index contributed by atoms with van der Waals surface area (Å²) in [4.78, 5) is 11.3. The maximum absolute atomic E-state index is 11.3. The van der Waals surface area contributed by atoms with Gasteiger partial charge < -0.3 is 15.0 Å². The van der Waals surface area contributed by atoms with Crippen LogP contribution >= 0.6 is 11.6 Å². The fourth-order valence-electron chi connectivity index (χ4n) is 2.77. The van der Waals surface area contributed by atoms with E-state index in [0.29, 0.717) is 16.5 Å². The van der Waals surface area contributed by atoms with E-state index in [1.807, 2.05) is 16.7 Å². The van der Waals surface area contributed by atoms with Gasteiger partial charge in [-0.1, -0.05) is 17.7 Å². The van der Waals surface area contributed by atoms with E-state index in [2.05, 4.69) is 5.32 Å². The third-order valence-corrected chi connectivity index (χ3v) is 3.98. The second kappa shape index (κ2) is 4.87. The molecule has 1 aromatic heterocycles. The first-order valence-electron chi connectivity index (χ1n) is 6.41. The lowest BCUT2D eigenvalue weighted by atomic mass is 10.2. The SMILES string of the molecule is O=C(O)c1cn(CC2CCCN2)c2cccc(Cl)c12. The van der Waals surface area contributed by atoms with Gasteiger partial charge in [0.2, 0.25) is 0 Å². The Balaban J connectivity index is 2.09. The van der Waals surface area contributed by atoms with Gasteiger partial charge >= 0.3 is 5.97 Å². The molecule has 0 spiro atoms. The third-order valence-electron chi connectivity index (χ3n) is 3.67. The first-order chi connectivity index (χ1) is 9.16. The Morgan fingerprint density at radius 3 is 3.05 bits per heavy atom. The van der Waals surface area contributed by atoms with Gasteiger partial charge in [0.25, 0.3) is 0 Å². The number of hydrogen-bond acceptors (Lipinski definition) is 2. The summed E-state index contributed by atoms with van der Waals surface area (Å²) in [6.07, 6.45) is 4.00. The maximum atomic E-state index is 11.3. The van der Waals surface area contributed by atoms with Crippen LogP contribution in [0, 0.1) is 0 Å². The molecule has 0 bridgehead atoms. The largest absolute Gasteiger partial charge is 0.478 e. The van der Waals surface area contributed by atoms with Gasteiger partial charge in [-0.25, -0.2) is 4.79 Å². The van der Waals surface area contributed by atoms with E-state index in [-0.39, 0.29) is 5.56 Å². The molecule has 1 fully saturated rings. The van der Waals surface area contributed by atoms with Gasteiger partial charge in [0.15, 0.2) is 0 Å². The molecule has 19 heavy (non-hydrogen) atoms. The van der Waals surface area contributed by atoms with Crippen LogP contribution in [0.25, 0.3) is 10.9 Å². The molecule has 1 aliphatic rings. The van der Waals surface area contributed by atoms with Gasteiger partial charge in [-0.15, -0.1) is 0 Å². The fourth-order valence-corrected chi connectivity index (χ4v) is 3.04. The van der Waals surface area contributed by atoms with Crippen LogP contribution in [0.5, 0.6) is 0 Å². The molecule has 0 amide bonds. The average Bonchev–Trinajstić information content (AvgIpc) is 2.99. The van der Waals surface area contributed by atoms with Gasteiger partial charge in [0, 0.05) is 24.2 Å².